The summed E-state index contributed by atoms with van der Waals surface area (Å²) in [6.45, 7) is 0. The molecule has 33 heavy (non-hydrogen) atoms. The largest absolute Gasteiger partial charge is 0.497 e. The molecule has 0 saturated heterocycles. The molecule has 0 spiro atoms. The van der Waals surface area contributed by atoms with Gasteiger partial charge < -0.3 is 15.8 Å². The second-order valence-electron chi connectivity index (χ2n) is 7.01. The van der Waals surface area contributed by atoms with Crippen molar-refractivity contribution in [3.8, 4) is 5.75 Å². The van der Waals surface area contributed by atoms with E-state index in [1.165, 1.54) is 43.5 Å². The number of benzene rings is 3. The van der Waals surface area contributed by atoms with E-state index in [2.05, 4.69) is 5.32 Å². The number of halogens is 1. The van der Waals surface area contributed by atoms with Gasteiger partial charge in [-0.05, 0) is 60.7 Å². The highest BCUT2D eigenvalue weighted by molar-refractivity contribution is 7.92. The van der Waals surface area contributed by atoms with E-state index in [4.69, 9.17) is 10.5 Å². The highest BCUT2D eigenvalue weighted by Crippen LogP contribution is 2.44. The number of para-hydroxylation sites is 1. The van der Waals surface area contributed by atoms with E-state index in [1.54, 1.807) is 24.3 Å². The Bertz CT molecular complexity index is 1400. The number of hydrogen-bond acceptors (Lipinski definition) is 7. The van der Waals surface area contributed by atoms with E-state index < -0.39 is 21.4 Å². The number of thiophene rings is 1. The number of ether oxygens (including phenoxy) is 1. The molecule has 0 aliphatic heterocycles. The number of nitrogen functional groups attached to an aromatic ring is 1. The number of anilines is 3. The standard InChI is InChI=1S/C24H19FN2O4S2/c1-31-18-11-13-19(14-12-18)33(29,30)23-20(26)22(21(28)15-7-9-16(25)10-8-15)32-24(23)27-17-5-3-2-4-6-17/h2-14,27H,26H2,1H3. The maximum Gasteiger partial charge on any atom is 0.211 e. The summed E-state index contributed by atoms with van der Waals surface area (Å²) >= 11 is 0.934. The molecule has 0 saturated carbocycles. The summed E-state index contributed by atoms with van der Waals surface area (Å²) in [5.74, 6) is -0.480. The van der Waals surface area contributed by atoms with Crippen molar-refractivity contribution in [3.63, 3.8) is 0 Å². The Balaban J connectivity index is 1.86. The molecule has 9 heteroatoms. The number of sulfone groups is 1. The summed E-state index contributed by atoms with van der Waals surface area (Å²) in [6, 6.07) is 19.8. The van der Waals surface area contributed by atoms with Crippen molar-refractivity contribution in [1.29, 1.82) is 0 Å². The highest BCUT2D eigenvalue weighted by atomic mass is 32.2. The van der Waals surface area contributed by atoms with Crippen LogP contribution < -0.4 is 15.8 Å². The molecule has 0 atom stereocenters. The number of nitrogens with one attached hydrogen (secondary N) is 1. The molecule has 6 nitrogen and oxygen atoms in total. The molecule has 168 valence electrons. The first-order chi connectivity index (χ1) is 15.8. The summed E-state index contributed by atoms with van der Waals surface area (Å²) in [4.78, 5) is 13.0. The second-order valence-corrected chi connectivity index (χ2v) is 9.92. The third-order valence-corrected chi connectivity index (χ3v) is 7.99. The first-order valence-electron chi connectivity index (χ1n) is 9.75. The predicted molar refractivity (Wildman–Crippen MR) is 127 cm³/mol. The van der Waals surface area contributed by atoms with Gasteiger partial charge in [0.25, 0.3) is 0 Å². The van der Waals surface area contributed by atoms with Gasteiger partial charge in [0.2, 0.25) is 15.6 Å². The molecule has 1 aromatic heterocycles. The highest BCUT2D eigenvalue weighted by Gasteiger charge is 2.31. The zero-order valence-corrected chi connectivity index (χ0v) is 19.0. The Morgan fingerprint density at radius 3 is 2.21 bits per heavy atom. The molecule has 3 aromatic carbocycles. The van der Waals surface area contributed by atoms with Crippen LogP contribution in [0.1, 0.15) is 15.2 Å². The molecule has 4 rings (SSSR count). The molecule has 1 heterocycles. The van der Waals surface area contributed by atoms with Gasteiger partial charge in [-0.25, -0.2) is 12.8 Å². The molecule has 4 aromatic rings. The Kier molecular flexibility index (Phi) is 6.17. The first kappa shape index (κ1) is 22.5. The van der Waals surface area contributed by atoms with Gasteiger partial charge in [0, 0.05) is 11.3 Å². The fraction of sp³-hybridized carbons (Fsp3) is 0.0417. The minimum absolute atomic E-state index is 0.00435. The molecule has 0 radical (unpaired) electrons. The third-order valence-electron chi connectivity index (χ3n) is 4.88. The van der Waals surface area contributed by atoms with E-state index >= 15 is 0 Å². The summed E-state index contributed by atoms with van der Waals surface area (Å²) < 4.78 is 45.5. The molecule has 0 amide bonds. The van der Waals surface area contributed by atoms with E-state index in [-0.39, 0.29) is 30.9 Å². The minimum Gasteiger partial charge on any atom is -0.497 e. The van der Waals surface area contributed by atoms with Crippen LogP contribution in [0.15, 0.2) is 88.7 Å². The zero-order chi connectivity index (χ0) is 23.6. The van der Waals surface area contributed by atoms with Crippen LogP contribution in [0.2, 0.25) is 0 Å². The van der Waals surface area contributed by atoms with Gasteiger partial charge >= 0.3 is 0 Å². The van der Waals surface area contributed by atoms with Crippen LogP contribution in [0.4, 0.5) is 20.8 Å². The van der Waals surface area contributed by atoms with E-state index in [9.17, 15) is 17.6 Å². The van der Waals surface area contributed by atoms with E-state index in [1.807, 2.05) is 6.07 Å². The predicted octanol–water partition coefficient (Wildman–Crippen LogP) is 5.29. The van der Waals surface area contributed by atoms with Crippen molar-refractivity contribution in [2.45, 2.75) is 9.79 Å². The Hall–Kier alpha value is -3.69. The fourth-order valence-corrected chi connectivity index (χ4v) is 6.14. The van der Waals surface area contributed by atoms with Crippen molar-refractivity contribution < 1.29 is 22.3 Å². The molecule has 0 aliphatic rings. The lowest BCUT2D eigenvalue weighted by Gasteiger charge is -2.10. The molecular formula is C24H19FN2O4S2. The third kappa shape index (κ3) is 4.46. The number of ketones is 1. The monoisotopic (exact) mass is 482 g/mol. The quantitative estimate of drug-likeness (QED) is 0.348. The van der Waals surface area contributed by atoms with Gasteiger partial charge in [0.05, 0.1) is 17.7 Å². The maximum absolute atomic E-state index is 13.6. The van der Waals surface area contributed by atoms with Crippen LogP contribution in [0.5, 0.6) is 5.75 Å². The Morgan fingerprint density at radius 1 is 0.970 bits per heavy atom. The topological polar surface area (TPSA) is 98.5 Å². The van der Waals surface area contributed by atoms with Crippen LogP contribution in [0.3, 0.4) is 0 Å². The summed E-state index contributed by atoms with van der Waals surface area (Å²) in [5.41, 5.74) is 6.94. The van der Waals surface area contributed by atoms with Crippen LogP contribution in [-0.2, 0) is 9.84 Å². The Labute approximate surface area is 194 Å². The van der Waals surface area contributed by atoms with Crippen molar-refractivity contribution in [3.05, 3.63) is 95.1 Å². The number of carbonyl (C=O) groups is 1. The number of hydrogen-bond donors (Lipinski definition) is 2. The lowest BCUT2D eigenvalue weighted by Crippen LogP contribution is -2.08. The van der Waals surface area contributed by atoms with E-state index in [0.29, 0.717) is 11.4 Å². The zero-order valence-electron chi connectivity index (χ0n) is 17.4. The van der Waals surface area contributed by atoms with Crippen LogP contribution >= 0.6 is 11.3 Å². The number of carbonyl (C=O) groups excluding carboxylic acids is 1. The minimum atomic E-state index is -4.09. The van der Waals surface area contributed by atoms with Crippen LogP contribution in [-0.4, -0.2) is 21.3 Å². The van der Waals surface area contributed by atoms with Gasteiger partial charge in [0.15, 0.2) is 0 Å². The van der Waals surface area contributed by atoms with Gasteiger partial charge in [-0.1, -0.05) is 18.2 Å². The lowest BCUT2D eigenvalue weighted by atomic mass is 10.1. The summed E-state index contributed by atoms with van der Waals surface area (Å²) in [7, 11) is -2.61. The van der Waals surface area contributed by atoms with Crippen molar-refractivity contribution >= 4 is 43.3 Å². The van der Waals surface area contributed by atoms with Crippen molar-refractivity contribution in [1.82, 2.24) is 0 Å². The molecule has 3 N–H and O–H groups in total. The van der Waals surface area contributed by atoms with Gasteiger partial charge in [-0.15, -0.1) is 11.3 Å². The van der Waals surface area contributed by atoms with Crippen LogP contribution in [0, 0.1) is 5.82 Å². The average Bonchev–Trinajstić information content (AvgIpc) is 3.16. The first-order valence-corrected chi connectivity index (χ1v) is 12.0. The number of methoxy groups -OCH3 is 1. The van der Waals surface area contributed by atoms with Gasteiger partial charge in [-0.2, -0.15) is 0 Å². The summed E-state index contributed by atoms with van der Waals surface area (Å²) in [5, 5.41) is 3.28. The molecular weight excluding hydrogens is 463 g/mol. The summed E-state index contributed by atoms with van der Waals surface area (Å²) in [6.07, 6.45) is 0. The normalized spacial score (nSPS) is 11.2. The SMILES string of the molecule is COc1ccc(S(=O)(=O)c2c(Nc3ccccc3)sc(C(=O)c3ccc(F)cc3)c2N)cc1. The van der Waals surface area contributed by atoms with E-state index in [0.717, 1.165) is 23.5 Å². The molecule has 0 bridgehead atoms. The molecule has 0 unspecified atom stereocenters. The van der Waals surface area contributed by atoms with Crippen molar-refractivity contribution in [2.75, 3.05) is 18.2 Å². The second kappa shape index (κ2) is 9.05. The number of nitrogens with two attached hydrogens (primary N) is 1. The lowest BCUT2D eigenvalue weighted by molar-refractivity contribution is 0.104. The maximum atomic E-state index is 13.6. The van der Waals surface area contributed by atoms with Crippen LogP contribution in [0.25, 0.3) is 0 Å². The molecule has 0 fully saturated rings. The Morgan fingerprint density at radius 2 is 1.61 bits per heavy atom. The number of rotatable bonds is 7. The smallest absolute Gasteiger partial charge is 0.211 e. The van der Waals surface area contributed by atoms with Crippen molar-refractivity contribution in [2.24, 2.45) is 0 Å². The van der Waals surface area contributed by atoms with Gasteiger partial charge in [0.1, 0.15) is 26.3 Å². The van der Waals surface area contributed by atoms with Gasteiger partial charge in [-0.3, -0.25) is 4.79 Å². The molecule has 0 aliphatic carbocycles. The fourth-order valence-electron chi connectivity index (χ4n) is 3.20. The average molecular weight is 483 g/mol.